The molecule has 1 unspecified atom stereocenters. The molecular weight excluding hydrogens is 483 g/mol. The Hall–Kier alpha value is -3.49. The highest BCUT2D eigenvalue weighted by molar-refractivity contribution is 6.31. The zero-order chi connectivity index (χ0) is 25.2. The van der Waals surface area contributed by atoms with Gasteiger partial charge in [-0.1, -0.05) is 30.7 Å². The molecule has 0 bridgehead atoms. The van der Waals surface area contributed by atoms with Gasteiger partial charge in [0.1, 0.15) is 11.6 Å². The number of aromatic nitrogens is 2. The first-order valence-electron chi connectivity index (χ1n) is 11.9. The molecule has 9 heteroatoms. The van der Waals surface area contributed by atoms with Gasteiger partial charge in [-0.05, 0) is 54.0 Å². The van der Waals surface area contributed by atoms with Crippen LogP contribution in [0, 0.1) is 5.82 Å². The number of hydrogen-bond donors (Lipinski definition) is 1. The molecule has 2 aromatic carbocycles. The Labute approximate surface area is 213 Å². The number of carbonyl (C=O) groups excluding carboxylic acids is 1. The van der Waals surface area contributed by atoms with Gasteiger partial charge in [-0.2, -0.15) is 4.98 Å². The third-order valence-electron chi connectivity index (χ3n) is 6.41. The second-order valence-corrected chi connectivity index (χ2v) is 9.08. The number of fused-ring (bicyclic) bond motifs is 1. The highest BCUT2D eigenvalue weighted by Gasteiger charge is 2.28. The molecule has 7 nitrogen and oxygen atoms in total. The van der Waals surface area contributed by atoms with E-state index in [4.69, 9.17) is 26.1 Å². The van der Waals surface area contributed by atoms with Crippen LogP contribution in [-0.2, 0) is 14.3 Å². The fourth-order valence-electron chi connectivity index (χ4n) is 4.53. The van der Waals surface area contributed by atoms with Crippen LogP contribution in [0.5, 0.6) is 0 Å². The van der Waals surface area contributed by atoms with Crippen molar-refractivity contribution in [2.24, 2.45) is 0 Å². The van der Waals surface area contributed by atoms with Crippen LogP contribution in [0.15, 0.2) is 48.2 Å². The number of anilines is 3. The van der Waals surface area contributed by atoms with Crippen LogP contribution in [-0.4, -0.2) is 48.8 Å². The molecule has 1 atom stereocenters. The number of morpholine rings is 1. The summed E-state index contributed by atoms with van der Waals surface area (Å²) in [4.78, 5) is 23.9. The van der Waals surface area contributed by atoms with Gasteiger partial charge in [-0.25, -0.2) is 14.2 Å². The maximum absolute atomic E-state index is 13.6. The number of ether oxygens (including phenoxy) is 2. The Bertz CT molecular complexity index is 1340. The van der Waals surface area contributed by atoms with E-state index in [0.717, 1.165) is 28.1 Å². The normalized spacial score (nSPS) is 16.9. The van der Waals surface area contributed by atoms with Crippen LogP contribution in [0.3, 0.4) is 0 Å². The molecule has 1 N–H and O–H groups in total. The van der Waals surface area contributed by atoms with Gasteiger partial charge in [0, 0.05) is 42.0 Å². The monoisotopic (exact) mass is 508 g/mol. The number of carbonyl (C=O) groups is 1. The molecular formula is C27H26ClFN4O3. The van der Waals surface area contributed by atoms with Crippen molar-refractivity contribution in [2.75, 3.05) is 43.1 Å². The maximum atomic E-state index is 13.6. The van der Waals surface area contributed by atoms with Gasteiger partial charge in [0.05, 0.1) is 24.8 Å². The number of benzene rings is 2. The van der Waals surface area contributed by atoms with Crippen molar-refractivity contribution in [3.63, 3.8) is 0 Å². The molecule has 1 saturated heterocycles. The summed E-state index contributed by atoms with van der Waals surface area (Å²) in [6.45, 7) is 6.76. The van der Waals surface area contributed by atoms with E-state index in [2.05, 4.69) is 21.3 Å². The number of rotatable bonds is 6. The summed E-state index contributed by atoms with van der Waals surface area (Å²) < 4.78 is 24.3. The summed E-state index contributed by atoms with van der Waals surface area (Å²) in [6, 6.07) is 10.5. The van der Waals surface area contributed by atoms with Gasteiger partial charge >= 0.3 is 5.97 Å². The van der Waals surface area contributed by atoms with Gasteiger partial charge in [-0.3, -0.25) is 0 Å². The molecule has 0 radical (unpaired) electrons. The Morgan fingerprint density at radius 3 is 2.81 bits per heavy atom. The Balaban J connectivity index is 1.51. The van der Waals surface area contributed by atoms with Crippen molar-refractivity contribution in [1.29, 1.82) is 0 Å². The average Bonchev–Trinajstić information content (AvgIpc) is 3.22. The van der Waals surface area contributed by atoms with E-state index < -0.39 is 5.82 Å². The first kappa shape index (κ1) is 24.2. The lowest BCUT2D eigenvalue weighted by atomic mass is 9.95. The fraction of sp³-hybridized carbons (Fsp3) is 0.296. The summed E-state index contributed by atoms with van der Waals surface area (Å²) in [6.07, 6.45) is 3.69. The molecule has 2 heterocycles. The maximum Gasteiger partial charge on any atom is 0.334 e. The first-order chi connectivity index (χ1) is 17.4. The number of nitrogens with zero attached hydrogens (tertiary/aromatic N) is 3. The molecule has 0 amide bonds. The zero-order valence-corrected chi connectivity index (χ0v) is 20.8. The van der Waals surface area contributed by atoms with E-state index in [1.54, 1.807) is 19.2 Å². The third-order valence-corrected chi connectivity index (χ3v) is 6.70. The Morgan fingerprint density at radius 1 is 1.25 bits per heavy atom. The molecule has 5 rings (SSSR count). The topological polar surface area (TPSA) is 76.6 Å². The van der Waals surface area contributed by atoms with Gasteiger partial charge in [0.2, 0.25) is 5.95 Å². The van der Waals surface area contributed by atoms with E-state index in [-0.39, 0.29) is 16.9 Å². The van der Waals surface area contributed by atoms with Crippen molar-refractivity contribution in [3.05, 3.63) is 70.1 Å². The average molecular weight is 509 g/mol. The minimum absolute atomic E-state index is 0.0210. The standard InChI is InChI=1S/C27H26ClFN4O3/c1-3-36-26(34)21-13-18-12-17(4-6-20(18)16(21)2)22-15-30-27(31-19-5-7-24(29)23(28)14-19)32-25(22)33-8-10-35-11-9-33/h4-7,12-16H,3,8-11H2,1-2H3,(H,30,31,32). The molecule has 1 aromatic heterocycles. The summed E-state index contributed by atoms with van der Waals surface area (Å²) in [5.74, 6) is 0.346. The lowest BCUT2D eigenvalue weighted by Crippen LogP contribution is -2.37. The zero-order valence-electron chi connectivity index (χ0n) is 20.1. The van der Waals surface area contributed by atoms with Crippen molar-refractivity contribution >= 4 is 41.1 Å². The second kappa shape index (κ2) is 10.2. The van der Waals surface area contributed by atoms with Crippen molar-refractivity contribution in [3.8, 4) is 11.1 Å². The van der Waals surface area contributed by atoms with E-state index in [9.17, 15) is 9.18 Å². The highest BCUT2D eigenvalue weighted by Crippen LogP contribution is 2.40. The number of esters is 1. The Morgan fingerprint density at radius 2 is 2.06 bits per heavy atom. The van der Waals surface area contributed by atoms with Crippen LogP contribution in [0.1, 0.15) is 30.9 Å². The molecule has 2 aliphatic rings. The molecule has 1 fully saturated rings. The van der Waals surface area contributed by atoms with E-state index >= 15 is 0 Å². The van der Waals surface area contributed by atoms with Crippen LogP contribution in [0.2, 0.25) is 5.02 Å². The van der Waals surface area contributed by atoms with Crippen LogP contribution < -0.4 is 10.2 Å². The van der Waals surface area contributed by atoms with Crippen LogP contribution in [0.25, 0.3) is 17.2 Å². The summed E-state index contributed by atoms with van der Waals surface area (Å²) >= 11 is 5.93. The van der Waals surface area contributed by atoms with Gasteiger partial charge in [-0.15, -0.1) is 0 Å². The minimum atomic E-state index is -0.487. The van der Waals surface area contributed by atoms with E-state index in [1.807, 2.05) is 25.1 Å². The summed E-state index contributed by atoms with van der Waals surface area (Å²) in [7, 11) is 0. The largest absolute Gasteiger partial charge is 0.463 e. The predicted molar refractivity (Wildman–Crippen MR) is 138 cm³/mol. The van der Waals surface area contributed by atoms with Gasteiger partial charge in [0.15, 0.2) is 0 Å². The minimum Gasteiger partial charge on any atom is -0.463 e. The number of halogens is 2. The highest BCUT2D eigenvalue weighted by atomic mass is 35.5. The van der Waals surface area contributed by atoms with Crippen molar-refractivity contribution in [1.82, 2.24) is 9.97 Å². The van der Waals surface area contributed by atoms with Gasteiger partial charge in [0.25, 0.3) is 0 Å². The lowest BCUT2D eigenvalue weighted by molar-refractivity contribution is -0.138. The molecule has 0 spiro atoms. The summed E-state index contributed by atoms with van der Waals surface area (Å²) in [5.41, 5.74) is 5.13. The predicted octanol–water partition coefficient (Wildman–Crippen LogP) is 5.58. The molecule has 1 aliphatic carbocycles. The van der Waals surface area contributed by atoms with Crippen LogP contribution >= 0.6 is 11.6 Å². The molecule has 36 heavy (non-hydrogen) atoms. The molecule has 186 valence electrons. The SMILES string of the molecule is CCOC(=O)C1=Cc2cc(-c3cnc(Nc4ccc(F)c(Cl)c4)nc3N3CCOCC3)ccc2C1C. The van der Waals surface area contributed by atoms with Crippen molar-refractivity contribution in [2.45, 2.75) is 19.8 Å². The lowest BCUT2D eigenvalue weighted by Gasteiger charge is -2.29. The number of hydrogen-bond acceptors (Lipinski definition) is 7. The molecule has 3 aromatic rings. The number of nitrogens with one attached hydrogen (secondary N) is 1. The van der Waals surface area contributed by atoms with E-state index in [0.29, 0.717) is 50.1 Å². The third kappa shape index (κ3) is 4.79. The smallest absolute Gasteiger partial charge is 0.334 e. The van der Waals surface area contributed by atoms with Gasteiger partial charge < -0.3 is 19.7 Å². The molecule has 1 aliphatic heterocycles. The van der Waals surface area contributed by atoms with E-state index in [1.165, 1.54) is 12.1 Å². The fourth-order valence-corrected chi connectivity index (χ4v) is 4.71. The van der Waals surface area contributed by atoms with Crippen molar-refractivity contribution < 1.29 is 18.7 Å². The quantitative estimate of drug-likeness (QED) is 0.435. The van der Waals surface area contributed by atoms with Crippen LogP contribution in [0.4, 0.5) is 21.8 Å². The Kier molecular flexibility index (Phi) is 6.89. The second-order valence-electron chi connectivity index (χ2n) is 8.67. The summed E-state index contributed by atoms with van der Waals surface area (Å²) in [5, 5.41) is 3.14. The molecule has 0 saturated carbocycles. The first-order valence-corrected chi connectivity index (χ1v) is 12.3.